The van der Waals surface area contributed by atoms with Gasteiger partial charge in [0, 0.05) is 56.1 Å². The van der Waals surface area contributed by atoms with Gasteiger partial charge in [0.1, 0.15) is 5.76 Å². The molecule has 3 heterocycles. The summed E-state index contributed by atoms with van der Waals surface area (Å²) in [6.45, 7) is 14.9. The van der Waals surface area contributed by atoms with Crippen LogP contribution in [0.1, 0.15) is 34.0 Å². The molecule has 1 saturated heterocycles. The van der Waals surface area contributed by atoms with Crippen LogP contribution in [0.15, 0.2) is 4.52 Å². The Bertz CT molecular complexity index is 694. The number of hydrogen-bond acceptors (Lipinski definition) is 6. The van der Waals surface area contributed by atoms with Crippen LogP contribution in [0.4, 0.5) is 0 Å². The summed E-state index contributed by atoms with van der Waals surface area (Å²) in [5.74, 6) is 0.933. The minimum Gasteiger partial charge on any atom is -0.394 e. The molecule has 0 aliphatic carbocycles. The first-order valence-electron chi connectivity index (χ1n) is 8.99. The van der Waals surface area contributed by atoms with Gasteiger partial charge in [-0.3, -0.25) is 14.5 Å². The van der Waals surface area contributed by atoms with Gasteiger partial charge in [-0.05, 0) is 27.7 Å². The number of aliphatic hydroxyl groups excluding tert-OH is 1. The van der Waals surface area contributed by atoms with Gasteiger partial charge < -0.3 is 9.63 Å². The Labute approximate surface area is 149 Å². The smallest absolute Gasteiger partial charge is 0.138 e. The Morgan fingerprint density at radius 1 is 0.920 bits per heavy atom. The van der Waals surface area contributed by atoms with Gasteiger partial charge in [0.05, 0.1) is 24.5 Å². The first-order chi connectivity index (χ1) is 12.0. The largest absolute Gasteiger partial charge is 0.394 e. The molecule has 0 amide bonds. The fourth-order valence-corrected chi connectivity index (χ4v) is 3.56. The molecular weight excluding hydrogens is 318 g/mol. The van der Waals surface area contributed by atoms with Crippen molar-refractivity contribution in [3.63, 3.8) is 0 Å². The third-order valence-electron chi connectivity index (χ3n) is 5.25. The maximum absolute atomic E-state index is 9.15. The topological polar surface area (TPSA) is 70.6 Å². The first-order valence-corrected chi connectivity index (χ1v) is 8.99. The fourth-order valence-electron chi connectivity index (χ4n) is 3.56. The van der Waals surface area contributed by atoms with E-state index in [9.17, 15) is 0 Å². The van der Waals surface area contributed by atoms with Crippen molar-refractivity contribution in [1.29, 1.82) is 0 Å². The molecule has 25 heavy (non-hydrogen) atoms. The van der Waals surface area contributed by atoms with Crippen LogP contribution in [-0.4, -0.2) is 62.6 Å². The summed E-state index contributed by atoms with van der Waals surface area (Å²) < 4.78 is 7.19. The predicted molar refractivity (Wildman–Crippen MR) is 95.3 cm³/mol. The second-order valence-corrected chi connectivity index (χ2v) is 6.95. The van der Waals surface area contributed by atoms with E-state index < -0.39 is 0 Å². The number of hydrogen-bond donors (Lipinski definition) is 1. The highest BCUT2D eigenvalue weighted by Crippen LogP contribution is 2.19. The molecule has 1 fully saturated rings. The maximum Gasteiger partial charge on any atom is 0.138 e. The molecule has 1 aliphatic heterocycles. The van der Waals surface area contributed by atoms with Gasteiger partial charge in [0.25, 0.3) is 0 Å². The van der Waals surface area contributed by atoms with Crippen molar-refractivity contribution in [3.05, 3.63) is 34.0 Å². The van der Waals surface area contributed by atoms with Gasteiger partial charge in [0.2, 0.25) is 0 Å². The summed E-state index contributed by atoms with van der Waals surface area (Å²) in [6.07, 6.45) is 0. The van der Waals surface area contributed by atoms with E-state index >= 15 is 0 Å². The van der Waals surface area contributed by atoms with Crippen LogP contribution in [0, 0.1) is 27.7 Å². The highest BCUT2D eigenvalue weighted by atomic mass is 16.5. The third-order valence-corrected chi connectivity index (χ3v) is 5.25. The molecule has 7 nitrogen and oxygen atoms in total. The Morgan fingerprint density at radius 3 is 2.04 bits per heavy atom. The maximum atomic E-state index is 9.15. The zero-order valence-corrected chi connectivity index (χ0v) is 15.7. The number of rotatable bonds is 6. The average Bonchev–Trinajstić information content (AvgIpc) is 3.04. The van der Waals surface area contributed by atoms with Gasteiger partial charge in [-0.15, -0.1) is 0 Å². The predicted octanol–water partition coefficient (Wildman–Crippen LogP) is 1.41. The number of aromatic nitrogens is 3. The lowest BCUT2D eigenvalue weighted by atomic mass is 10.1. The van der Waals surface area contributed by atoms with Crippen molar-refractivity contribution in [1.82, 2.24) is 24.7 Å². The van der Waals surface area contributed by atoms with Gasteiger partial charge in [-0.2, -0.15) is 5.10 Å². The molecule has 2 aromatic rings. The van der Waals surface area contributed by atoms with E-state index in [1.807, 2.05) is 18.5 Å². The summed E-state index contributed by atoms with van der Waals surface area (Å²) in [7, 11) is 0. The van der Waals surface area contributed by atoms with Crippen molar-refractivity contribution >= 4 is 0 Å². The van der Waals surface area contributed by atoms with Crippen LogP contribution >= 0.6 is 0 Å². The first kappa shape index (κ1) is 18.1. The molecule has 2 aromatic heterocycles. The third kappa shape index (κ3) is 3.94. The summed E-state index contributed by atoms with van der Waals surface area (Å²) in [5.41, 5.74) is 5.77. The quantitative estimate of drug-likeness (QED) is 0.852. The zero-order valence-electron chi connectivity index (χ0n) is 15.7. The molecule has 138 valence electrons. The lowest BCUT2D eigenvalue weighted by molar-refractivity contribution is 0.121. The minimum atomic E-state index is 0.127. The monoisotopic (exact) mass is 347 g/mol. The number of aliphatic hydroxyl groups is 1. The average molecular weight is 347 g/mol. The lowest BCUT2D eigenvalue weighted by Gasteiger charge is -2.34. The van der Waals surface area contributed by atoms with Gasteiger partial charge in [-0.25, -0.2) is 0 Å². The molecule has 0 bridgehead atoms. The molecule has 1 aliphatic rings. The van der Waals surface area contributed by atoms with E-state index in [0.29, 0.717) is 6.54 Å². The van der Waals surface area contributed by atoms with Crippen LogP contribution in [0.25, 0.3) is 0 Å². The van der Waals surface area contributed by atoms with Gasteiger partial charge in [0.15, 0.2) is 0 Å². The number of piperazine rings is 1. The second-order valence-electron chi connectivity index (χ2n) is 6.95. The van der Waals surface area contributed by atoms with E-state index in [0.717, 1.165) is 56.4 Å². The normalized spacial score (nSPS) is 16.7. The zero-order chi connectivity index (χ0) is 18.0. The Morgan fingerprint density at radius 2 is 1.52 bits per heavy atom. The molecule has 7 heteroatoms. The van der Waals surface area contributed by atoms with Crippen LogP contribution < -0.4 is 0 Å². The van der Waals surface area contributed by atoms with Crippen molar-refractivity contribution < 1.29 is 9.63 Å². The van der Waals surface area contributed by atoms with Crippen molar-refractivity contribution in [2.24, 2.45) is 0 Å². The standard InChI is InChI=1S/C18H29N5O2/c1-13-17(15(3)23(19-13)9-10-24)11-21-5-7-22(8-6-21)12-18-14(2)20-25-16(18)4/h24H,5-12H2,1-4H3. The van der Waals surface area contributed by atoms with Gasteiger partial charge >= 0.3 is 0 Å². The van der Waals surface area contributed by atoms with E-state index in [-0.39, 0.29) is 6.61 Å². The minimum absolute atomic E-state index is 0.127. The molecular formula is C18H29N5O2. The Balaban J connectivity index is 1.56. The molecule has 0 unspecified atom stereocenters. The van der Waals surface area contributed by atoms with Crippen LogP contribution in [0.5, 0.6) is 0 Å². The molecule has 0 aromatic carbocycles. The molecule has 1 N–H and O–H groups in total. The van der Waals surface area contributed by atoms with E-state index in [2.05, 4.69) is 33.9 Å². The summed E-state index contributed by atoms with van der Waals surface area (Å²) in [5, 5.41) is 17.8. The van der Waals surface area contributed by atoms with Crippen molar-refractivity contribution in [2.75, 3.05) is 32.8 Å². The second kappa shape index (κ2) is 7.68. The van der Waals surface area contributed by atoms with E-state index in [4.69, 9.17) is 9.63 Å². The highest BCUT2D eigenvalue weighted by Gasteiger charge is 2.22. The summed E-state index contributed by atoms with van der Waals surface area (Å²) in [4.78, 5) is 4.96. The van der Waals surface area contributed by atoms with Crippen LogP contribution in [0.2, 0.25) is 0 Å². The van der Waals surface area contributed by atoms with Crippen LogP contribution in [0.3, 0.4) is 0 Å². The molecule has 0 saturated carbocycles. The molecule has 0 spiro atoms. The summed E-state index contributed by atoms with van der Waals surface area (Å²) in [6, 6.07) is 0. The fraction of sp³-hybridized carbons (Fsp3) is 0.667. The van der Waals surface area contributed by atoms with Crippen LogP contribution in [-0.2, 0) is 19.6 Å². The van der Waals surface area contributed by atoms with Crippen molar-refractivity contribution in [3.8, 4) is 0 Å². The number of nitrogens with zero attached hydrogens (tertiary/aromatic N) is 5. The SMILES string of the molecule is Cc1noc(C)c1CN1CCN(Cc2c(C)nn(CCO)c2C)CC1. The Kier molecular flexibility index (Phi) is 5.56. The molecule has 3 rings (SSSR count). The van der Waals surface area contributed by atoms with E-state index in [1.165, 1.54) is 16.8 Å². The summed E-state index contributed by atoms with van der Waals surface area (Å²) >= 11 is 0. The number of aryl methyl sites for hydroxylation is 3. The molecule has 0 atom stereocenters. The lowest BCUT2D eigenvalue weighted by Crippen LogP contribution is -2.45. The van der Waals surface area contributed by atoms with E-state index in [1.54, 1.807) is 0 Å². The van der Waals surface area contributed by atoms with Gasteiger partial charge in [-0.1, -0.05) is 5.16 Å². The Hall–Kier alpha value is -1.70. The highest BCUT2D eigenvalue weighted by molar-refractivity contribution is 5.24. The van der Waals surface area contributed by atoms with Crippen molar-refractivity contribution in [2.45, 2.75) is 47.3 Å². The molecule has 0 radical (unpaired) electrons.